The molecule has 0 amide bonds. The van der Waals surface area contributed by atoms with Gasteiger partial charge in [0.2, 0.25) is 0 Å². The molecule has 2 unspecified atom stereocenters. The Balaban J connectivity index is 1.86. The smallest absolute Gasteiger partial charge is 0.392 e. The number of esters is 1. The molecule has 0 N–H and O–H groups in total. The maximum atomic E-state index is 13.3. The summed E-state index contributed by atoms with van der Waals surface area (Å²) >= 11 is 0. The van der Waals surface area contributed by atoms with Crippen LogP contribution < -0.4 is 5.56 Å². The van der Waals surface area contributed by atoms with Crippen LogP contribution in [0.1, 0.15) is 30.9 Å². The lowest BCUT2D eigenvalue weighted by Gasteiger charge is -2.25. The average Bonchev–Trinajstić information content (AvgIpc) is 2.77. The Morgan fingerprint density at radius 3 is 2.28 bits per heavy atom. The number of halogens is 3. The van der Waals surface area contributed by atoms with Crippen molar-refractivity contribution in [2.24, 2.45) is 5.92 Å². The van der Waals surface area contributed by atoms with Crippen LogP contribution in [0.2, 0.25) is 0 Å². The summed E-state index contributed by atoms with van der Waals surface area (Å²) in [6.07, 6.45) is -4.55. The average molecular weight is 444 g/mol. The van der Waals surface area contributed by atoms with E-state index < -0.39 is 24.0 Å². The van der Waals surface area contributed by atoms with Crippen LogP contribution in [0.4, 0.5) is 13.2 Å². The summed E-state index contributed by atoms with van der Waals surface area (Å²) in [4.78, 5) is 24.5. The van der Waals surface area contributed by atoms with E-state index in [1.54, 1.807) is 25.1 Å². The highest BCUT2D eigenvalue weighted by atomic mass is 19.4. The number of ether oxygens (including phenoxy) is 1. The molecule has 1 aromatic heterocycles. The van der Waals surface area contributed by atoms with Crippen molar-refractivity contribution in [3.05, 3.63) is 88.2 Å². The second kappa shape index (κ2) is 9.80. The van der Waals surface area contributed by atoms with Gasteiger partial charge in [-0.3, -0.25) is 9.59 Å². The predicted molar refractivity (Wildman–Crippen MR) is 114 cm³/mol. The van der Waals surface area contributed by atoms with E-state index in [9.17, 15) is 22.8 Å². The molecule has 0 spiro atoms. The number of benzene rings is 2. The monoisotopic (exact) mass is 444 g/mol. The number of alkyl halides is 3. The van der Waals surface area contributed by atoms with Gasteiger partial charge in [-0.1, -0.05) is 61.5 Å². The van der Waals surface area contributed by atoms with Crippen LogP contribution in [-0.2, 0) is 16.1 Å². The number of hydrogen-bond donors (Lipinski definition) is 0. The van der Waals surface area contributed by atoms with Crippen LogP contribution in [0.5, 0.6) is 0 Å². The Bertz CT molecular complexity index is 1110. The lowest BCUT2D eigenvalue weighted by Crippen LogP contribution is -2.32. The van der Waals surface area contributed by atoms with Crippen LogP contribution in [0, 0.1) is 5.92 Å². The summed E-state index contributed by atoms with van der Waals surface area (Å²) in [5.74, 6) is -4.29. The molecule has 32 heavy (non-hydrogen) atoms. The molecule has 0 saturated heterocycles. The van der Waals surface area contributed by atoms with Gasteiger partial charge in [-0.25, -0.2) is 4.68 Å². The lowest BCUT2D eigenvalue weighted by atomic mass is 9.86. The van der Waals surface area contributed by atoms with E-state index in [0.29, 0.717) is 11.3 Å². The van der Waals surface area contributed by atoms with Gasteiger partial charge in [0.15, 0.2) is 0 Å². The van der Waals surface area contributed by atoms with Crippen molar-refractivity contribution in [2.75, 3.05) is 6.61 Å². The first-order valence-electron chi connectivity index (χ1n) is 10.2. The highest BCUT2D eigenvalue weighted by Crippen LogP contribution is 2.38. The minimum atomic E-state index is -4.55. The van der Waals surface area contributed by atoms with Crippen molar-refractivity contribution >= 4 is 5.97 Å². The Hall–Kier alpha value is -3.42. The van der Waals surface area contributed by atoms with E-state index in [4.69, 9.17) is 4.74 Å². The van der Waals surface area contributed by atoms with Gasteiger partial charge in [0.1, 0.15) is 0 Å². The van der Waals surface area contributed by atoms with Crippen molar-refractivity contribution in [1.29, 1.82) is 0 Å². The van der Waals surface area contributed by atoms with E-state index in [0.717, 1.165) is 12.5 Å². The molecule has 3 rings (SSSR count). The zero-order chi connectivity index (χ0) is 23.3. The highest BCUT2D eigenvalue weighted by Gasteiger charge is 2.45. The van der Waals surface area contributed by atoms with Gasteiger partial charge in [-0.05, 0) is 24.1 Å². The Morgan fingerprint density at radius 2 is 1.69 bits per heavy atom. The Morgan fingerprint density at radius 1 is 1.03 bits per heavy atom. The SMILES string of the molecule is CCOC(=O)C(c1ccc(Cn2nc(-c3ccccc3)ccc2=O)cc1)C(C)C(F)(F)F. The number of hydrogen-bond acceptors (Lipinski definition) is 4. The molecule has 5 nitrogen and oxygen atoms in total. The zero-order valence-corrected chi connectivity index (χ0v) is 17.7. The zero-order valence-electron chi connectivity index (χ0n) is 17.7. The molecule has 1 heterocycles. The third-order valence-corrected chi connectivity index (χ3v) is 5.16. The van der Waals surface area contributed by atoms with E-state index in [2.05, 4.69) is 5.10 Å². The molecule has 0 aliphatic carbocycles. The molecule has 0 aliphatic heterocycles. The van der Waals surface area contributed by atoms with Crippen LogP contribution >= 0.6 is 0 Å². The third-order valence-electron chi connectivity index (χ3n) is 5.16. The topological polar surface area (TPSA) is 61.2 Å². The van der Waals surface area contributed by atoms with E-state index in [1.807, 2.05) is 30.3 Å². The second-order valence-electron chi connectivity index (χ2n) is 7.38. The quantitative estimate of drug-likeness (QED) is 0.491. The number of rotatable bonds is 7. The largest absolute Gasteiger partial charge is 0.466 e. The summed E-state index contributed by atoms with van der Waals surface area (Å²) in [5.41, 5.74) is 2.05. The predicted octanol–water partition coefficient (Wildman–Crippen LogP) is 4.80. The Kier molecular flexibility index (Phi) is 7.12. The molecule has 8 heteroatoms. The summed E-state index contributed by atoms with van der Waals surface area (Å²) in [6, 6.07) is 18.5. The molecule has 0 saturated carbocycles. The normalized spacial score (nSPS) is 13.4. The van der Waals surface area contributed by atoms with Crippen molar-refractivity contribution in [3.63, 3.8) is 0 Å². The van der Waals surface area contributed by atoms with Gasteiger partial charge in [-0.2, -0.15) is 18.3 Å². The first-order chi connectivity index (χ1) is 15.2. The highest BCUT2D eigenvalue weighted by molar-refractivity contribution is 5.78. The molecule has 0 aliphatic rings. The van der Waals surface area contributed by atoms with Crippen LogP contribution in [0.25, 0.3) is 11.3 Å². The second-order valence-corrected chi connectivity index (χ2v) is 7.38. The molecular weight excluding hydrogens is 421 g/mol. The summed E-state index contributed by atoms with van der Waals surface area (Å²) in [6.45, 7) is 2.64. The maximum Gasteiger partial charge on any atom is 0.392 e. The molecule has 168 valence electrons. The molecule has 2 aromatic carbocycles. The van der Waals surface area contributed by atoms with Gasteiger partial charge in [0.25, 0.3) is 5.56 Å². The Labute approximate surface area is 183 Å². The third kappa shape index (κ3) is 5.43. The maximum absolute atomic E-state index is 13.3. The van der Waals surface area contributed by atoms with E-state index in [-0.39, 0.29) is 24.3 Å². The van der Waals surface area contributed by atoms with Crippen molar-refractivity contribution in [1.82, 2.24) is 9.78 Å². The van der Waals surface area contributed by atoms with Crippen LogP contribution in [0.15, 0.2) is 71.5 Å². The fourth-order valence-electron chi connectivity index (χ4n) is 3.38. The molecule has 3 aromatic rings. The fraction of sp³-hybridized carbons (Fsp3) is 0.292. The van der Waals surface area contributed by atoms with Crippen molar-refractivity contribution < 1.29 is 22.7 Å². The number of carbonyl (C=O) groups is 1. The lowest BCUT2D eigenvalue weighted by molar-refractivity contribution is -0.185. The molecule has 0 fully saturated rings. The minimum Gasteiger partial charge on any atom is -0.466 e. The number of carbonyl (C=O) groups excluding carboxylic acids is 1. The van der Waals surface area contributed by atoms with Crippen LogP contribution in [-0.4, -0.2) is 28.5 Å². The number of aromatic nitrogens is 2. The standard InChI is InChI=1S/C24H23F3N2O3/c1-3-32-23(31)22(16(2)24(25,26)27)19-11-9-17(10-12-19)15-29-21(30)14-13-20(28-29)18-7-5-4-6-8-18/h4-14,16,22H,3,15H2,1-2H3. The van der Waals surface area contributed by atoms with Crippen molar-refractivity contribution in [2.45, 2.75) is 32.5 Å². The van der Waals surface area contributed by atoms with Gasteiger partial charge < -0.3 is 4.74 Å². The molecule has 0 radical (unpaired) electrons. The van der Waals surface area contributed by atoms with E-state index >= 15 is 0 Å². The molecule has 2 atom stereocenters. The minimum absolute atomic E-state index is 0.00959. The first kappa shape index (κ1) is 23.2. The molecular formula is C24H23F3N2O3. The summed E-state index contributed by atoms with van der Waals surface area (Å²) in [5, 5.41) is 4.39. The first-order valence-corrected chi connectivity index (χ1v) is 10.2. The van der Waals surface area contributed by atoms with Gasteiger partial charge in [0, 0.05) is 11.6 Å². The van der Waals surface area contributed by atoms with Crippen molar-refractivity contribution in [3.8, 4) is 11.3 Å². The fourth-order valence-corrected chi connectivity index (χ4v) is 3.38. The van der Waals surface area contributed by atoms with Gasteiger partial charge in [-0.15, -0.1) is 0 Å². The number of nitrogens with zero attached hydrogens (tertiary/aromatic N) is 2. The summed E-state index contributed by atoms with van der Waals surface area (Å²) < 4.78 is 46.1. The van der Waals surface area contributed by atoms with E-state index in [1.165, 1.54) is 22.9 Å². The van der Waals surface area contributed by atoms with Gasteiger partial charge >= 0.3 is 12.1 Å². The van der Waals surface area contributed by atoms with Crippen LogP contribution in [0.3, 0.4) is 0 Å². The summed E-state index contributed by atoms with van der Waals surface area (Å²) in [7, 11) is 0. The molecule has 0 bridgehead atoms. The van der Waals surface area contributed by atoms with Gasteiger partial charge in [0.05, 0.1) is 30.7 Å².